The molecule has 0 radical (unpaired) electrons. The van der Waals surface area contributed by atoms with Crippen molar-refractivity contribution < 1.29 is 22.8 Å². The number of anilines is 1. The quantitative estimate of drug-likeness (QED) is 0.646. The predicted molar refractivity (Wildman–Crippen MR) is 58.5 cm³/mol. The number of aromatic nitrogens is 1. The normalized spacial score (nSPS) is 19.8. The van der Waals surface area contributed by atoms with Crippen molar-refractivity contribution in [2.45, 2.75) is 18.9 Å². The third-order valence-electron chi connectivity index (χ3n) is 2.85. The molecule has 1 atom stereocenters. The number of pyridine rings is 1. The molecule has 1 aromatic heterocycles. The monoisotopic (exact) mass is 273 g/mol. The number of hydrogen-bond acceptors (Lipinski definition) is 4. The van der Waals surface area contributed by atoms with E-state index in [1.165, 1.54) is 7.05 Å². The minimum absolute atomic E-state index is 0.102. The lowest BCUT2D eigenvalue weighted by Crippen LogP contribution is -2.48. The van der Waals surface area contributed by atoms with E-state index >= 15 is 0 Å². The number of imide groups is 1. The van der Waals surface area contributed by atoms with Crippen molar-refractivity contribution in [3.05, 3.63) is 23.6 Å². The van der Waals surface area contributed by atoms with E-state index in [4.69, 9.17) is 0 Å². The number of nitrogens with one attached hydrogen (secondary N) is 1. The fourth-order valence-electron chi connectivity index (χ4n) is 1.76. The number of carbonyl (C=O) groups excluding carboxylic acids is 2. The molecule has 1 aliphatic heterocycles. The van der Waals surface area contributed by atoms with Gasteiger partial charge in [-0.05, 0) is 6.42 Å². The predicted octanol–water partition coefficient (Wildman–Crippen LogP) is 1.06. The zero-order valence-corrected chi connectivity index (χ0v) is 9.91. The van der Waals surface area contributed by atoms with Crippen LogP contribution in [0.1, 0.15) is 12.8 Å². The summed E-state index contributed by atoms with van der Waals surface area (Å²) in [5, 5.41) is 2.38. The number of hydrogen-bond donors (Lipinski definition) is 1. The van der Waals surface area contributed by atoms with Gasteiger partial charge in [-0.2, -0.15) is 9.37 Å². The molecule has 2 amide bonds. The Balaban J connectivity index is 2.20. The average Bonchev–Trinajstić information content (AvgIpc) is 2.36. The Morgan fingerprint density at radius 2 is 2.00 bits per heavy atom. The molecule has 0 aromatic carbocycles. The van der Waals surface area contributed by atoms with Gasteiger partial charge in [-0.25, -0.2) is 8.78 Å². The molecule has 2 rings (SSSR count). The topological polar surface area (TPSA) is 62.3 Å². The molecule has 0 bridgehead atoms. The van der Waals surface area contributed by atoms with Crippen LogP contribution in [0.5, 0.6) is 0 Å². The SMILES string of the molecule is CN1C(=O)CCC(Nc2nc(F)c(F)cc2F)C1=O. The lowest BCUT2D eigenvalue weighted by Gasteiger charge is -2.28. The first kappa shape index (κ1) is 13.3. The lowest BCUT2D eigenvalue weighted by molar-refractivity contribution is -0.146. The molecule has 2 heterocycles. The second-order valence-electron chi connectivity index (χ2n) is 4.12. The highest BCUT2D eigenvalue weighted by molar-refractivity contribution is 6.01. The van der Waals surface area contributed by atoms with Crippen LogP contribution in [0.2, 0.25) is 0 Å². The first-order valence-corrected chi connectivity index (χ1v) is 5.48. The van der Waals surface area contributed by atoms with Crippen molar-refractivity contribution in [2.24, 2.45) is 0 Å². The van der Waals surface area contributed by atoms with Crippen molar-refractivity contribution in [1.29, 1.82) is 0 Å². The van der Waals surface area contributed by atoms with Crippen LogP contribution in [0.3, 0.4) is 0 Å². The summed E-state index contributed by atoms with van der Waals surface area (Å²) in [5.74, 6) is -5.45. The summed E-state index contributed by atoms with van der Waals surface area (Å²) in [6.45, 7) is 0. The molecular formula is C11H10F3N3O2. The average molecular weight is 273 g/mol. The number of halogens is 3. The molecule has 8 heteroatoms. The minimum atomic E-state index is -1.46. The number of amides is 2. The van der Waals surface area contributed by atoms with Crippen LogP contribution in [-0.2, 0) is 9.59 Å². The van der Waals surface area contributed by atoms with Gasteiger partial charge in [0.15, 0.2) is 17.5 Å². The van der Waals surface area contributed by atoms with Gasteiger partial charge in [0.1, 0.15) is 6.04 Å². The summed E-state index contributed by atoms with van der Waals surface area (Å²) in [7, 11) is 1.30. The molecule has 0 saturated carbocycles. The lowest BCUT2D eigenvalue weighted by atomic mass is 10.0. The molecule has 1 aliphatic rings. The van der Waals surface area contributed by atoms with Gasteiger partial charge in [-0.1, -0.05) is 0 Å². The highest BCUT2D eigenvalue weighted by Crippen LogP contribution is 2.19. The van der Waals surface area contributed by atoms with E-state index in [1.807, 2.05) is 0 Å². The molecular weight excluding hydrogens is 263 g/mol. The van der Waals surface area contributed by atoms with E-state index < -0.39 is 35.3 Å². The summed E-state index contributed by atoms with van der Waals surface area (Å²) in [6, 6.07) is -0.554. The van der Waals surface area contributed by atoms with Gasteiger partial charge in [0.05, 0.1) is 0 Å². The van der Waals surface area contributed by atoms with Crippen LogP contribution in [0.15, 0.2) is 6.07 Å². The number of likely N-dealkylation sites (N-methyl/N-ethyl adjacent to an activating group) is 1. The van der Waals surface area contributed by atoms with E-state index in [0.717, 1.165) is 4.90 Å². The largest absolute Gasteiger partial charge is 0.356 e. The molecule has 0 spiro atoms. The summed E-state index contributed by atoms with van der Waals surface area (Å²) < 4.78 is 39.0. The van der Waals surface area contributed by atoms with Gasteiger partial charge in [-0.15, -0.1) is 0 Å². The molecule has 1 aromatic rings. The molecule has 102 valence electrons. The fraction of sp³-hybridized carbons (Fsp3) is 0.364. The maximum Gasteiger partial charge on any atom is 0.251 e. The summed E-state index contributed by atoms with van der Waals surface area (Å²) in [6.07, 6.45) is 0.243. The number of piperidine rings is 1. The Morgan fingerprint density at radius 3 is 2.68 bits per heavy atom. The van der Waals surface area contributed by atoms with Crippen LogP contribution in [0, 0.1) is 17.6 Å². The van der Waals surface area contributed by atoms with E-state index in [9.17, 15) is 22.8 Å². The van der Waals surface area contributed by atoms with E-state index in [-0.39, 0.29) is 18.7 Å². The Labute approximate surface area is 106 Å². The molecule has 5 nitrogen and oxygen atoms in total. The van der Waals surface area contributed by atoms with Crippen molar-refractivity contribution in [3.63, 3.8) is 0 Å². The second kappa shape index (κ2) is 4.87. The molecule has 19 heavy (non-hydrogen) atoms. The third-order valence-corrected chi connectivity index (χ3v) is 2.85. The zero-order chi connectivity index (χ0) is 14.2. The maximum absolute atomic E-state index is 13.4. The Morgan fingerprint density at radius 1 is 1.32 bits per heavy atom. The van der Waals surface area contributed by atoms with Crippen molar-refractivity contribution in [1.82, 2.24) is 9.88 Å². The number of rotatable bonds is 2. The van der Waals surface area contributed by atoms with Gasteiger partial charge in [-0.3, -0.25) is 14.5 Å². The summed E-state index contributed by atoms with van der Waals surface area (Å²) >= 11 is 0. The maximum atomic E-state index is 13.4. The van der Waals surface area contributed by atoms with Crippen molar-refractivity contribution >= 4 is 17.6 Å². The van der Waals surface area contributed by atoms with Crippen LogP contribution >= 0.6 is 0 Å². The molecule has 0 aliphatic carbocycles. The second-order valence-corrected chi connectivity index (χ2v) is 4.12. The number of carbonyl (C=O) groups is 2. The van der Waals surface area contributed by atoms with E-state index in [1.54, 1.807) is 0 Å². The summed E-state index contributed by atoms with van der Waals surface area (Å²) in [5.41, 5.74) is 0. The first-order chi connectivity index (χ1) is 8.90. The fourth-order valence-corrected chi connectivity index (χ4v) is 1.76. The highest BCUT2D eigenvalue weighted by atomic mass is 19.2. The van der Waals surface area contributed by atoms with Gasteiger partial charge in [0.2, 0.25) is 5.91 Å². The smallest absolute Gasteiger partial charge is 0.251 e. The molecule has 1 N–H and O–H groups in total. The molecule has 1 unspecified atom stereocenters. The standard InChI is InChI=1S/C11H10F3N3O2/c1-17-8(18)3-2-7(11(17)19)15-10-6(13)4-5(12)9(14)16-10/h4,7H,2-3H2,1H3,(H,15,16). The first-order valence-electron chi connectivity index (χ1n) is 5.48. The third kappa shape index (κ3) is 2.51. The molecule has 1 fully saturated rings. The van der Waals surface area contributed by atoms with E-state index in [2.05, 4.69) is 10.3 Å². The Kier molecular flexibility index (Phi) is 3.41. The van der Waals surface area contributed by atoms with Crippen LogP contribution < -0.4 is 5.32 Å². The van der Waals surface area contributed by atoms with Crippen LogP contribution in [0.25, 0.3) is 0 Å². The van der Waals surface area contributed by atoms with Crippen molar-refractivity contribution in [2.75, 3.05) is 12.4 Å². The molecule has 1 saturated heterocycles. The van der Waals surface area contributed by atoms with Gasteiger partial charge in [0, 0.05) is 19.5 Å². The minimum Gasteiger partial charge on any atom is -0.356 e. The van der Waals surface area contributed by atoms with Gasteiger partial charge < -0.3 is 5.32 Å². The Bertz CT molecular complexity index is 550. The van der Waals surface area contributed by atoms with Crippen molar-refractivity contribution in [3.8, 4) is 0 Å². The van der Waals surface area contributed by atoms with Crippen LogP contribution in [0.4, 0.5) is 19.0 Å². The van der Waals surface area contributed by atoms with Gasteiger partial charge >= 0.3 is 0 Å². The van der Waals surface area contributed by atoms with E-state index in [0.29, 0.717) is 6.07 Å². The number of likely N-dealkylation sites (tertiary alicyclic amines) is 1. The number of nitrogens with zero attached hydrogens (tertiary/aromatic N) is 2. The Hall–Kier alpha value is -2.12. The van der Waals surface area contributed by atoms with Gasteiger partial charge in [0.25, 0.3) is 11.9 Å². The highest BCUT2D eigenvalue weighted by Gasteiger charge is 2.32. The summed E-state index contributed by atoms with van der Waals surface area (Å²) in [4.78, 5) is 26.9. The zero-order valence-electron chi connectivity index (χ0n) is 9.91. The van der Waals surface area contributed by atoms with Crippen LogP contribution in [-0.4, -0.2) is 34.8 Å².